The van der Waals surface area contributed by atoms with E-state index < -0.39 is 6.10 Å². The third kappa shape index (κ3) is 4.61. The van der Waals surface area contributed by atoms with E-state index in [1.807, 2.05) is 6.07 Å². The molecule has 26 heavy (non-hydrogen) atoms. The summed E-state index contributed by atoms with van der Waals surface area (Å²) >= 11 is 0. The second kappa shape index (κ2) is 7.70. The Labute approximate surface area is 151 Å². The van der Waals surface area contributed by atoms with Gasteiger partial charge in [-0.3, -0.25) is 9.59 Å². The average Bonchev–Trinajstić information content (AvgIpc) is 3.48. The van der Waals surface area contributed by atoms with Crippen LogP contribution in [-0.4, -0.2) is 17.9 Å². The van der Waals surface area contributed by atoms with Gasteiger partial charge in [0, 0.05) is 17.3 Å². The second-order valence-electron chi connectivity index (χ2n) is 6.23. The monoisotopic (exact) mass is 349 g/mol. The third-order valence-corrected chi connectivity index (χ3v) is 4.01. The molecule has 1 unspecified atom stereocenters. The maximum absolute atomic E-state index is 12.3. The molecule has 0 heterocycles. The van der Waals surface area contributed by atoms with Gasteiger partial charge < -0.3 is 15.4 Å². The summed E-state index contributed by atoms with van der Waals surface area (Å²) in [6.07, 6.45) is 1.16. The zero-order chi connectivity index (χ0) is 18.5. The molecule has 1 aliphatic rings. The van der Waals surface area contributed by atoms with E-state index in [2.05, 4.69) is 10.6 Å². The normalized spacial score (nSPS) is 14.0. The first kappa shape index (κ1) is 17.5. The van der Waals surface area contributed by atoms with Crippen molar-refractivity contribution < 1.29 is 14.3 Å². The van der Waals surface area contributed by atoms with Crippen molar-refractivity contribution in [1.29, 1.82) is 5.26 Å². The van der Waals surface area contributed by atoms with Gasteiger partial charge in [0.15, 0.2) is 6.10 Å². The first-order valence-corrected chi connectivity index (χ1v) is 8.44. The number of nitriles is 1. The van der Waals surface area contributed by atoms with Gasteiger partial charge in [0.1, 0.15) is 5.75 Å². The Balaban J connectivity index is 1.57. The summed E-state index contributed by atoms with van der Waals surface area (Å²) in [4.78, 5) is 24.1. The molecule has 0 spiro atoms. The van der Waals surface area contributed by atoms with Crippen molar-refractivity contribution in [3.8, 4) is 11.8 Å². The summed E-state index contributed by atoms with van der Waals surface area (Å²) in [5.74, 6) is 0.345. The standard InChI is InChI=1S/C20H19N3O3/c1-13(26-18-9-5-14(12-21)6-10-18)19(24)22-16-3-2-4-17(11-16)23-20(25)15-7-8-15/h2-6,9-11,13,15H,7-8H2,1H3,(H,22,24)(H,23,25). The summed E-state index contributed by atoms with van der Waals surface area (Å²) in [5, 5.41) is 14.4. The fraction of sp³-hybridized carbons (Fsp3) is 0.250. The summed E-state index contributed by atoms with van der Waals surface area (Å²) in [6.45, 7) is 1.65. The van der Waals surface area contributed by atoms with Gasteiger partial charge in [0.05, 0.1) is 11.6 Å². The summed E-state index contributed by atoms with van der Waals surface area (Å²) < 4.78 is 5.59. The van der Waals surface area contributed by atoms with E-state index >= 15 is 0 Å². The van der Waals surface area contributed by atoms with Crippen LogP contribution in [-0.2, 0) is 9.59 Å². The number of carbonyl (C=O) groups is 2. The lowest BCUT2D eigenvalue weighted by Gasteiger charge is -2.15. The minimum atomic E-state index is -0.715. The molecule has 6 nitrogen and oxygen atoms in total. The number of nitrogens with zero attached hydrogens (tertiary/aromatic N) is 1. The number of nitrogens with one attached hydrogen (secondary N) is 2. The number of amides is 2. The fourth-order valence-electron chi connectivity index (χ4n) is 2.37. The van der Waals surface area contributed by atoms with Crippen molar-refractivity contribution in [1.82, 2.24) is 0 Å². The lowest BCUT2D eigenvalue weighted by molar-refractivity contribution is -0.122. The van der Waals surface area contributed by atoms with E-state index in [0.29, 0.717) is 22.7 Å². The molecule has 0 radical (unpaired) electrons. The van der Waals surface area contributed by atoms with E-state index in [1.54, 1.807) is 55.5 Å². The van der Waals surface area contributed by atoms with Gasteiger partial charge in [-0.05, 0) is 62.2 Å². The van der Waals surface area contributed by atoms with Crippen LogP contribution in [0.4, 0.5) is 11.4 Å². The van der Waals surface area contributed by atoms with Crippen molar-refractivity contribution in [3.05, 3.63) is 54.1 Å². The second-order valence-corrected chi connectivity index (χ2v) is 6.23. The van der Waals surface area contributed by atoms with Gasteiger partial charge in [-0.25, -0.2) is 0 Å². The summed E-state index contributed by atoms with van der Waals surface area (Å²) in [6, 6.07) is 15.6. The summed E-state index contributed by atoms with van der Waals surface area (Å²) in [7, 11) is 0. The van der Waals surface area contributed by atoms with E-state index in [9.17, 15) is 9.59 Å². The van der Waals surface area contributed by atoms with Crippen molar-refractivity contribution in [3.63, 3.8) is 0 Å². The Hall–Kier alpha value is -3.33. The van der Waals surface area contributed by atoms with E-state index in [0.717, 1.165) is 12.8 Å². The van der Waals surface area contributed by atoms with Crippen LogP contribution in [0, 0.1) is 17.2 Å². The molecule has 0 aromatic heterocycles. The van der Waals surface area contributed by atoms with Gasteiger partial charge in [-0.2, -0.15) is 5.26 Å². The van der Waals surface area contributed by atoms with Crippen molar-refractivity contribution >= 4 is 23.2 Å². The number of anilines is 2. The quantitative estimate of drug-likeness (QED) is 0.837. The van der Waals surface area contributed by atoms with E-state index in [4.69, 9.17) is 10.00 Å². The SMILES string of the molecule is CC(Oc1ccc(C#N)cc1)C(=O)Nc1cccc(NC(=O)C2CC2)c1. The van der Waals surface area contributed by atoms with Crippen LogP contribution in [0.5, 0.6) is 5.75 Å². The molecule has 2 amide bonds. The lowest BCUT2D eigenvalue weighted by Crippen LogP contribution is -2.30. The van der Waals surface area contributed by atoms with Crippen LogP contribution < -0.4 is 15.4 Å². The van der Waals surface area contributed by atoms with Gasteiger partial charge >= 0.3 is 0 Å². The number of rotatable bonds is 6. The number of ether oxygens (including phenoxy) is 1. The molecule has 0 saturated heterocycles. The number of carbonyl (C=O) groups excluding carboxylic acids is 2. The number of hydrogen-bond donors (Lipinski definition) is 2. The highest BCUT2D eigenvalue weighted by Crippen LogP contribution is 2.30. The van der Waals surface area contributed by atoms with Gasteiger partial charge in [-0.1, -0.05) is 6.07 Å². The van der Waals surface area contributed by atoms with Gasteiger partial charge in [-0.15, -0.1) is 0 Å². The van der Waals surface area contributed by atoms with Crippen molar-refractivity contribution in [2.75, 3.05) is 10.6 Å². The molecule has 2 aromatic carbocycles. The third-order valence-electron chi connectivity index (χ3n) is 4.01. The molecule has 2 aromatic rings. The molecule has 0 bridgehead atoms. The molecule has 132 valence electrons. The highest BCUT2D eigenvalue weighted by atomic mass is 16.5. The molecule has 1 fully saturated rings. The minimum Gasteiger partial charge on any atom is -0.481 e. The molecular formula is C20H19N3O3. The van der Waals surface area contributed by atoms with E-state index in [1.165, 1.54) is 0 Å². The Morgan fingerprint density at radius 1 is 1.12 bits per heavy atom. The molecule has 3 rings (SSSR count). The first-order valence-electron chi connectivity index (χ1n) is 8.44. The predicted molar refractivity (Wildman–Crippen MR) is 97.7 cm³/mol. The number of hydrogen-bond acceptors (Lipinski definition) is 4. The Bertz CT molecular complexity index is 851. The minimum absolute atomic E-state index is 0.0194. The molecular weight excluding hydrogens is 330 g/mol. The Kier molecular flexibility index (Phi) is 5.18. The maximum Gasteiger partial charge on any atom is 0.265 e. The highest BCUT2D eigenvalue weighted by molar-refractivity contribution is 5.97. The van der Waals surface area contributed by atoms with E-state index in [-0.39, 0.29) is 17.7 Å². The predicted octanol–water partition coefficient (Wildman–Crippen LogP) is 3.31. The molecule has 0 aliphatic heterocycles. The zero-order valence-electron chi connectivity index (χ0n) is 14.4. The molecule has 1 atom stereocenters. The number of benzene rings is 2. The highest BCUT2D eigenvalue weighted by Gasteiger charge is 2.29. The van der Waals surface area contributed by atoms with Crippen LogP contribution in [0.25, 0.3) is 0 Å². The smallest absolute Gasteiger partial charge is 0.265 e. The largest absolute Gasteiger partial charge is 0.481 e. The molecule has 2 N–H and O–H groups in total. The first-order chi connectivity index (χ1) is 12.5. The van der Waals surface area contributed by atoms with Gasteiger partial charge in [0.25, 0.3) is 5.91 Å². The molecule has 6 heteroatoms. The topological polar surface area (TPSA) is 91.2 Å². The average molecular weight is 349 g/mol. The van der Waals surface area contributed by atoms with Crippen LogP contribution in [0.15, 0.2) is 48.5 Å². The van der Waals surface area contributed by atoms with Gasteiger partial charge in [0.2, 0.25) is 5.91 Å². The van der Waals surface area contributed by atoms with Crippen LogP contribution >= 0.6 is 0 Å². The maximum atomic E-state index is 12.3. The lowest BCUT2D eigenvalue weighted by atomic mass is 10.2. The van der Waals surface area contributed by atoms with Crippen LogP contribution in [0.1, 0.15) is 25.3 Å². The van der Waals surface area contributed by atoms with Crippen molar-refractivity contribution in [2.45, 2.75) is 25.9 Å². The fourth-order valence-corrected chi connectivity index (χ4v) is 2.37. The Morgan fingerprint density at radius 2 is 1.77 bits per heavy atom. The van der Waals surface area contributed by atoms with Crippen LogP contribution in [0.3, 0.4) is 0 Å². The van der Waals surface area contributed by atoms with Crippen LogP contribution in [0.2, 0.25) is 0 Å². The van der Waals surface area contributed by atoms with Crippen molar-refractivity contribution in [2.24, 2.45) is 5.92 Å². The molecule has 1 aliphatic carbocycles. The summed E-state index contributed by atoms with van der Waals surface area (Å²) in [5.41, 5.74) is 1.76. The zero-order valence-corrected chi connectivity index (χ0v) is 14.4. The Morgan fingerprint density at radius 3 is 2.38 bits per heavy atom. The molecule has 1 saturated carbocycles.